The Bertz CT molecular complexity index is 268. The van der Waals surface area contributed by atoms with Gasteiger partial charge < -0.3 is 19.8 Å². The number of carboxylic acids is 2. The molecule has 0 fully saturated rings. The van der Waals surface area contributed by atoms with Gasteiger partial charge in [-0.25, -0.2) is 0 Å². The molecule has 4 nitrogen and oxygen atoms in total. The summed E-state index contributed by atoms with van der Waals surface area (Å²) >= 11 is 0. The number of rotatable bonds is 15. The molecule has 124 valence electrons. The van der Waals surface area contributed by atoms with Crippen molar-refractivity contribution in [3.63, 3.8) is 0 Å². The van der Waals surface area contributed by atoms with Gasteiger partial charge in [-0.1, -0.05) is 84.0 Å². The Balaban J connectivity index is 0. The van der Waals surface area contributed by atoms with Gasteiger partial charge in [-0.15, -0.1) is 0 Å². The van der Waals surface area contributed by atoms with E-state index in [1.807, 2.05) is 0 Å². The molecule has 0 aliphatic carbocycles. The van der Waals surface area contributed by atoms with Crippen molar-refractivity contribution in [2.24, 2.45) is 5.92 Å². The summed E-state index contributed by atoms with van der Waals surface area (Å²) in [6.45, 7) is 2.22. The summed E-state index contributed by atoms with van der Waals surface area (Å²) in [7, 11) is 0. The van der Waals surface area contributed by atoms with Crippen molar-refractivity contribution in [3.8, 4) is 0 Å². The van der Waals surface area contributed by atoms with Crippen LogP contribution in [0.4, 0.5) is 0 Å². The zero-order valence-electron chi connectivity index (χ0n) is 14.1. The third-order valence-electron chi connectivity index (χ3n) is 3.92. The SMILES string of the molecule is CCCCCCCCCCCCCCC(C(=O)[O-])C(=O)[O-].[Mg+2]. The predicted octanol–water partition coefficient (Wildman–Crippen LogP) is 1.81. The first-order valence-electron chi connectivity index (χ1n) is 8.51. The van der Waals surface area contributed by atoms with Crippen LogP contribution in [0, 0.1) is 5.92 Å². The maximum absolute atomic E-state index is 10.5. The van der Waals surface area contributed by atoms with Crippen LogP contribution >= 0.6 is 0 Å². The van der Waals surface area contributed by atoms with Gasteiger partial charge in [-0.05, 0) is 6.42 Å². The molecule has 5 heteroatoms. The van der Waals surface area contributed by atoms with Gasteiger partial charge in [0.15, 0.2) is 0 Å². The third kappa shape index (κ3) is 14.6. The van der Waals surface area contributed by atoms with Gasteiger partial charge in [0.2, 0.25) is 0 Å². The van der Waals surface area contributed by atoms with Crippen LogP contribution in [0.25, 0.3) is 0 Å². The standard InChI is InChI=1S/C17H32O4.Mg/c1-2-3-4-5-6-7-8-9-10-11-12-13-14-15(16(18)19)17(20)21;/h15H,2-14H2,1H3,(H,18,19)(H,20,21);/q;+2/p-2. The van der Waals surface area contributed by atoms with Gasteiger partial charge in [-0.2, -0.15) is 0 Å². The first-order chi connectivity index (χ1) is 10.1. The van der Waals surface area contributed by atoms with E-state index in [4.69, 9.17) is 0 Å². The monoisotopic (exact) mass is 322 g/mol. The number of carboxylic acid groups (broad SMARTS) is 2. The van der Waals surface area contributed by atoms with E-state index >= 15 is 0 Å². The van der Waals surface area contributed by atoms with Crippen molar-refractivity contribution in [3.05, 3.63) is 0 Å². The number of hydrogen-bond donors (Lipinski definition) is 0. The van der Waals surface area contributed by atoms with Gasteiger partial charge in [0.1, 0.15) is 0 Å². The molecule has 0 saturated carbocycles. The second-order valence-electron chi connectivity index (χ2n) is 5.87. The van der Waals surface area contributed by atoms with Gasteiger partial charge in [0.05, 0.1) is 11.9 Å². The Hall–Kier alpha value is -0.294. The van der Waals surface area contributed by atoms with Crippen molar-refractivity contribution in [2.75, 3.05) is 0 Å². The van der Waals surface area contributed by atoms with Crippen molar-refractivity contribution >= 4 is 35.0 Å². The van der Waals surface area contributed by atoms with Crippen molar-refractivity contribution in [2.45, 2.75) is 90.4 Å². The summed E-state index contributed by atoms with van der Waals surface area (Å²) in [6.07, 6.45) is 14.3. The molecule has 0 heterocycles. The van der Waals surface area contributed by atoms with Crippen molar-refractivity contribution < 1.29 is 19.8 Å². The largest absolute Gasteiger partial charge is 2.00 e. The molecular weight excluding hydrogens is 292 g/mol. The molecule has 0 radical (unpaired) electrons. The van der Waals surface area contributed by atoms with Crippen LogP contribution < -0.4 is 10.2 Å². The van der Waals surface area contributed by atoms with E-state index in [2.05, 4.69) is 6.92 Å². The molecule has 0 spiro atoms. The number of hydrogen-bond acceptors (Lipinski definition) is 4. The quantitative estimate of drug-likeness (QED) is 0.262. The summed E-state index contributed by atoms with van der Waals surface area (Å²) in [5.74, 6) is -4.51. The van der Waals surface area contributed by atoms with Gasteiger partial charge >= 0.3 is 23.1 Å². The third-order valence-corrected chi connectivity index (χ3v) is 3.92. The second-order valence-corrected chi connectivity index (χ2v) is 5.87. The van der Waals surface area contributed by atoms with Crippen LogP contribution in [0.2, 0.25) is 0 Å². The first kappa shape index (κ1) is 24.0. The average molecular weight is 323 g/mol. The maximum atomic E-state index is 10.5. The van der Waals surface area contributed by atoms with Gasteiger partial charge in [0.25, 0.3) is 0 Å². The number of carbonyl (C=O) groups excluding carboxylic acids is 2. The number of carbonyl (C=O) groups is 2. The molecule has 0 unspecified atom stereocenters. The molecule has 0 aliphatic rings. The topological polar surface area (TPSA) is 80.3 Å². The number of aliphatic carboxylic acids is 2. The van der Waals surface area contributed by atoms with Crippen LogP contribution in [0.3, 0.4) is 0 Å². The number of unbranched alkanes of at least 4 members (excludes halogenated alkanes) is 11. The fraction of sp³-hybridized carbons (Fsp3) is 0.882. The minimum Gasteiger partial charge on any atom is -0.549 e. The predicted molar refractivity (Wildman–Crippen MR) is 85.0 cm³/mol. The first-order valence-corrected chi connectivity index (χ1v) is 8.51. The molecule has 0 N–H and O–H groups in total. The summed E-state index contributed by atoms with van der Waals surface area (Å²) < 4.78 is 0. The fourth-order valence-electron chi connectivity index (χ4n) is 2.52. The summed E-state index contributed by atoms with van der Waals surface area (Å²) in [5.41, 5.74) is 0. The van der Waals surface area contributed by atoms with Gasteiger partial charge in [-0.3, -0.25) is 0 Å². The van der Waals surface area contributed by atoms with E-state index in [1.165, 1.54) is 51.4 Å². The molecule has 0 bridgehead atoms. The average Bonchev–Trinajstić information content (AvgIpc) is 2.43. The van der Waals surface area contributed by atoms with Gasteiger partial charge in [0, 0.05) is 5.92 Å². The van der Waals surface area contributed by atoms with Crippen LogP contribution in [-0.2, 0) is 9.59 Å². The molecule has 0 amide bonds. The zero-order valence-corrected chi connectivity index (χ0v) is 15.5. The molecule has 0 aromatic rings. The van der Waals surface area contributed by atoms with Crippen molar-refractivity contribution in [1.29, 1.82) is 0 Å². The molecule has 0 saturated heterocycles. The Morgan fingerprint density at radius 3 is 1.32 bits per heavy atom. The summed E-state index contributed by atoms with van der Waals surface area (Å²) in [4.78, 5) is 21.1. The van der Waals surface area contributed by atoms with E-state index in [0.29, 0.717) is 6.42 Å². The van der Waals surface area contributed by atoms with Crippen molar-refractivity contribution in [1.82, 2.24) is 0 Å². The van der Waals surface area contributed by atoms with E-state index in [0.717, 1.165) is 19.3 Å². The van der Waals surface area contributed by atoms with Crippen LogP contribution in [-0.4, -0.2) is 35.0 Å². The van der Waals surface area contributed by atoms with E-state index < -0.39 is 17.9 Å². The Kier molecular flexibility index (Phi) is 18.6. The van der Waals surface area contributed by atoms with E-state index in [9.17, 15) is 19.8 Å². The molecule has 0 rings (SSSR count). The van der Waals surface area contributed by atoms with Crippen LogP contribution in [0.15, 0.2) is 0 Å². The molecular formula is C17H30MgO4. The minimum atomic E-state index is -1.53. The normalized spacial score (nSPS) is 10.5. The minimum absolute atomic E-state index is 0. The van der Waals surface area contributed by atoms with Crippen LogP contribution in [0.1, 0.15) is 90.4 Å². The van der Waals surface area contributed by atoms with Crippen LogP contribution in [0.5, 0.6) is 0 Å². The zero-order chi connectivity index (χ0) is 15.9. The smallest absolute Gasteiger partial charge is 0.549 e. The second kappa shape index (κ2) is 17.1. The molecule has 0 atom stereocenters. The fourth-order valence-corrected chi connectivity index (χ4v) is 2.52. The van der Waals surface area contributed by atoms with E-state index in [1.54, 1.807) is 0 Å². The Labute approximate surface area is 151 Å². The summed E-state index contributed by atoms with van der Waals surface area (Å²) in [5, 5.41) is 21.1. The molecule has 0 aromatic carbocycles. The maximum Gasteiger partial charge on any atom is 2.00 e. The summed E-state index contributed by atoms with van der Waals surface area (Å²) in [6, 6.07) is 0. The van der Waals surface area contributed by atoms with E-state index in [-0.39, 0.29) is 29.5 Å². The molecule has 0 aliphatic heterocycles. The molecule has 0 aromatic heterocycles. The Morgan fingerprint density at radius 1 is 0.682 bits per heavy atom. The molecule has 22 heavy (non-hydrogen) atoms. The Morgan fingerprint density at radius 2 is 1.00 bits per heavy atom.